The van der Waals surface area contributed by atoms with Crippen LogP contribution in [0.25, 0.3) is 11.2 Å². The Balaban J connectivity index is 2.39. The number of aromatic nitrogens is 4. The van der Waals surface area contributed by atoms with Crippen molar-refractivity contribution in [2.45, 2.75) is 38.6 Å². The number of fused-ring (bicyclic) bond motifs is 1. The van der Waals surface area contributed by atoms with Crippen LogP contribution in [0.2, 0.25) is 0 Å². The van der Waals surface area contributed by atoms with Gasteiger partial charge in [0.25, 0.3) is 0 Å². The zero-order valence-electron chi connectivity index (χ0n) is 9.87. The Kier molecular flexibility index (Phi) is 1.87. The lowest BCUT2D eigenvalue weighted by molar-refractivity contribution is 0.170. The smallest absolute Gasteiger partial charge is 0.179 e. The molecular weight excluding hydrogens is 220 g/mol. The number of imidazole rings is 1. The van der Waals surface area contributed by atoms with Crippen LogP contribution >= 0.6 is 12.2 Å². The minimum atomic E-state index is 0.190. The third kappa shape index (κ3) is 1.09. The monoisotopic (exact) mass is 236 g/mol. The first-order valence-electron chi connectivity index (χ1n) is 5.68. The van der Waals surface area contributed by atoms with E-state index in [4.69, 9.17) is 12.2 Å². The molecule has 0 amide bonds. The van der Waals surface area contributed by atoms with Crippen molar-refractivity contribution >= 4 is 23.4 Å². The van der Waals surface area contributed by atoms with E-state index in [0.717, 1.165) is 21.6 Å². The molecule has 1 N–H and O–H groups in total. The zero-order valence-corrected chi connectivity index (χ0v) is 10.7. The second-order valence-electron chi connectivity index (χ2n) is 5.02. The molecule has 1 fully saturated rings. The highest BCUT2D eigenvalue weighted by Crippen LogP contribution is 2.40. The molecule has 0 atom stereocenters. The molecule has 0 aromatic carbocycles. The van der Waals surface area contributed by atoms with Crippen LogP contribution in [-0.4, -0.2) is 19.3 Å². The molecule has 0 saturated heterocycles. The second-order valence-corrected chi connectivity index (χ2v) is 5.41. The summed E-state index contributed by atoms with van der Waals surface area (Å²) in [6.45, 7) is 4.29. The van der Waals surface area contributed by atoms with Gasteiger partial charge in [0, 0.05) is 12.6 Å². The Morgan fingerprint density at radius 3 is 2.69 bits per heavy atom. The van der Waals surface area contributed by atoms with E-state index in [0.29, 0.717) is 0 Å². The number of aryl methyl sites for hydroxylation is 2. The van der Waals surface area contributed by atoms with Crippen molar-refractivity contribution in [3.05, 3.63) is 10.5 Å². The highest BCUT2D eigenvalue weighted by Gasteiger charge is 2.36. The third-order valence-corrected chi connectivity index (χ3v) is 4.09. The van der Waals surface area contributed by atoms with Crippen molar-refractivity contribution in [3.63, 3.8) is 0 Å². The third-order valence-electron chi connectivity index (χ3n) is 3.81. The van der Waals surface area contributed by atoms with Crippen molar-refractivity contribution in [3.8, 4) is 0 Å². The molecule has 0 aliphatic heterocycles. The van der Waals surface area contributed by atoms with Gasteiger partial charge < -0.3 is 4.98 Å². The van der Waals surface area contributed by atoms with Crippen molar-refractivity contribution in [2.75, 3.05) is 0 Å². The Hall–Kier alpha value is -1.10. The maximum Gasteiger partial charge on any atom is 0.179 e. The number of aromatic amines is 1. The van der Waals surface area contributed by atoms with Gasteiger partial charge in [0.1, 0.15) is 5.52 Å². The Morgan fingerprint density at radius 1 is 1.44 bits per heavy atom. The quantitative estimate of drug-likeness (QED) is 0.773. The first kappa shape index (κ1) is 10.1. The van der Waals surface area contributed by atoms with Crippen molar-refractivity contribution in [2.24, 2.45) is 7.05 Å². The van der Waals surface area contributed by atoms with Crippen LogP contribution in [0.4, 0.5) is 0 Å². The van der Waals surface area contributed by atoms with Gasteiger partial charge in [0.05, 0.1) is 5.69 Å². The molecule has 2 aromatic rings. The van der Waals surface area contributed by atoms with E-state index in [1.807, 2.05) is 18.7 Å². The molecular formula is C11H16N4S. The molecule has 0 bridgehead atoms. The largest absolute Gasteiger partial charge is 0.328 e. The molecule has 0 unspecified atom stereocenters. The van der Waals surface area contributed by atoms with Crippen LogP contribution in [0, 0.1) is 11.7 Å². The fraction of sp³-hybridized carbons (Fsp3) is 0.636. The van der Waals surface area contributed by atoms with Gasteiger partial charge in [-0.05, 0) is 45.3 Å². The van der Waals surface area contributed by atoms with Crippen molar-refractivity contribution < 1.29 is 0 Å². The molecule has 1 aliphatic carbocycles. The van der Waals surface area contributed by atoms with Gasteiger partial charge in [-0.1, -0.05) is 0 Å². The summed E-state index contributed by atoms with van der Waals surface area (Å²) in [7, 11) is 1.98. The van der Waals surface area contributed by atoms with Crippen molar-refractivity contribution in [1.29, 1.82) is 0 Å². The van der Waals surface area contributed by atoms with E-state index in [2.05, 4.69) is 21.6 Å². The molecule has 0 spiro atoms. The lowest BCUT2D eigenvalue weighted by atomic mass is 9.78. The molecule has 2 aromatic heterocycles. The molecule has 16 heavy (non-hydrogen) atoms. The highest BCUT2D eigenvalue weighted by atomic mass is 32.1. The zero-order chi connectivity index (χ0) is 11.5. The lowest BCUT2D eigenvalue weighted by Gasteiger charge is -2.39. The van der Waals surface area contributed by atoms with Crippen LogP contribution in [0.15, 0.2) is 0 Å². The highest BCUT2D eigenvalue weighted by molar-refractivity contribution is 7.71. The molecule has 3 rings (SSSR count). The van der Waals surface area contributed by atoms with E-state index >= 15 is 0 Å². The summed E-state index contributed by atoms with van der Waals surface area (Å²) >= 11 is 5.44. The minimum absolute atomic E-state index is 0.190. The standard InChI is InChI=1S/C11H16N4S/c1-7-8-9(14(3)13-7)15(10(16)12-8)11(2)5-4-6-11/h4-6H2,1-3H3,(H,12,16). The first-order valence-corrected chi connectivity index (χ1v) is 6.08. The fourth-order valence-electron chi connectivity index (χ4n) is 2.72. The number of hydrogen-bond donors (Lipinski definition) is 1. The van der Waals surface area contributed by atoms with Crippen LogP contribution < -0.4 is 0 Å². The summed E-state index contributed by atoms with van der Waals surface area (Å²) in [5.74, 6) is 0. The number of hydrogen-bond acceptors (Lipinski definition) is 2. The average molecular weight is 236 g/mol. The van der Waals surface area contributed by atoms with Gasteiger partial charge in [0.15, 0.2) is 10.4 Å². The lowest BCUT2D eigenvalue weighted by Crippen LogP contribution is -2.37. The summed E-state index contributed by atoms with van der Waals surface area (Å²) in [4.78, 5) is 3.28. The number of nitrogens with one attached hydrogen (secondary N) is 1. The van der Waals surface area contributed by atoms with E-state index in [9.17, 15) is 0 Å². The predicted molar refractivity (Wildman–Crippen MR) is 66.1 cm³/mol. The predicted octanol–water partition coefficient (Wildman–Crippen LogP) is 2.64. The molecule has 2 heterocycles. The summed E-state index contributed by atoms with van der Waals surface area (Å²) in [5, 5.41) is 4.44. The summed E-state index contributed by atoms with van der Waals surface area (Å²) in [6, 6.07) is 0. The van der Waals surface area contributed by atoms with Crippen LogP contribution in [-0.2, 0) is 12.6 Å². The van der Waals surface area contributed by atoms with Gasteiger partial charge in [-0.2, -0.15) is 5.10 Å². The minimum Gasteiger partial charge on any atom is -0.328 e. The summed E-state index contributed by atoms with van der Waals surface area (Å²) in [5.41, 5.74) is 3.42. The van der Waals surface area contributed by atoms with Crippen LogP contribution in [0.1, 0.15) is 31.9 Å². The molecule has 1 aliphatic rings. The molecule has 86 valence electrons. The van der Waals surface area contributed by atoms with Crippen molar-refractivity contribution in [1.82, 2.24) is 19.3 Å². The van der Waals surface area contributed by atoms with Gasteiger partial charge >= 0.3 is 0 Å². The number of H-pyrrole nitrogens is 1. The average Bonchev–Trinajstić information content (AvgIpc) is 2.63. The molecule has 5 heteroatoms. The van der Waals surface area contributed by atoms with Gasteiger partial charge in [-0.15, -0.1) is 0 Å². The fourth-order valence-corrected chi connectivity index (χ4v) is 3.13. The van der Waals surface area contributed by atoms with E-state index in [1.54, 1.807) is 0 Å². The first-order chi connectivity index (χ1) is 7.53. The van der Waals surface area contributed by atoms with E-state index in [1.165, 1.54) is 19.3 Å². The normalized spacial score (nSPS) is 18.9. The SMILES string of the molecule is Cc1nn(C)c2c1[nH]c(=S)n2C1(C)CCC1. The second kappa shape index (κ2) is 2.97. The Bertz CT molecular complexity index is 612. The van der Waals surface area contributed by atoms with Gasteiger partial charge in [0.2, 0.25) is 0 Å². The summed E-state index contributed by atoms with van der Waals surface area (Å²) in [6.07, 6.45) is 3.71. The Morgan fingerprint density at radius 2 is 2.12 bits per heavy atom. The molecule has 0 radical (unpaired) electrons. The maximum absolute atomic E-state index is 5.44. The molecule has 1 saturated carbocycles. The van der Waals surface area contributed by atoms with Gasteiger partial charge in [-0.3, -0.25) is 9.25 Å². The van der Waals surface area contributed by atoms with Gasteiger partial charge in [-0.25, -0.2) is 0 Å². The van der Waals surface area contributed by atoms with E-state index in [-0.39, 0.29) is 5.54 Å². The van der Waals surface area contributed by atoms with Crippen LogP contribution in [0.3, 0.4) is 0 Å². The number of rotatable bonds is 1. The number of nitrogens with zero attached hydrogens (tertiary/aromatic N) is 3. The topological polar surface area (TPSA) is 38.5 Å². The summed E-state index contributed by atoms with van der Waals surface area (Å²) < 4.78 is 5.01. The Labute approximate surface area is 99.3 Å². The maximum atomic E-state index is 5.44. The van der Waals surface area contributed by atoms with Crippen LogP contribution in [0.5, 0.6) is 0 Å². The van der Waals surface area contributed by atoms with E-state index < -0.39 is 0 Å². The molecule has 4 nitrogen and oxygen atoms in total.